The molecule has 4 nitrogen and oxygen atoms in total. The molecule has 0 aliphatic heterocycles. The van der Waals surface area contributed by atoms with E-state index in [1.54, 1.807) is 13.0 Å². The Kier molecular flexibility index (Phi) is 4.80. The normalized spacial score (nSPS) is 10.5. The van der Waals surface area contributed by atoms with E-state index in [9.17, 15) is 14.5 Å². The Morgan fingerprint density at radius 1 is 1.38 bits per heavy atom. The Bertz CT molecular complexity index is 710. The van der Waals surface area contributed by atoms with Crippen molar-refractivity contribution in [2.24, 2.45) is 0 Å². The number of rotatable bonds is 4. The zero-order valence-corrected chi connectivity index (χ0v) is 13.3. The molecule has 0 aliphatic carbocycles. The van der Waals surface area contributed by atoms with Crippen molar-refractivity contribution in [2.45, 2.75) is 13.5 Å². The second-order valence-electron chi connectivity index (χ2n) is 4.46. The van der Waals surface area contributed by atoms with Gasteiger partial charge in [0.25, 0.3) is 5.69 Å². The van der Waals surface area contributed by atoms with E-state index in [0.29, 0.717) is 26.3 Å². The molecule has 0 radical (unpaired) electrons. The maximum Gasteiger partial charge on any atom is 0.274 e. The number of nitrogens with zero attached hydrogens (tertiary/aromatic N) is 1. The van der Waals surface area contributed by atoms with Gasteiger partial charge >= 0.3 is 0 Å². The van der Waals surface area contributed by atoms with E-state index in [0.717, 1.165) is 0 Å². The van der Waals surface area contributed by atoms with Gasteiger partial charge in [0.1, 0.15) is 5.82 Å². The third-order valence-electron chi connectivity index (χ3n) is 2.96. The first-order valence-electron chi connectivity index (χ1n) is 6.01. The summed E-state index contributed by atoms with van der Waals surface area (Å²) in [6, 6.07) is 7.33. The van der Waals surface area contributed by atoms with E-state index in [1.807, 2.05) is 0 Å². The van der Waals surface area contributed by atoms with E-state index in [1.165, 1.54) is 24.3 Å². The van der Waals surface area contributed by atoms with Crippen molar-refractivity contribution in [1.82, 2.24) is 0 Å². The zero-order valence-electron chi connectivity index (χ0n) is 11.0. The smallest absolute Gasteiger partial charge is 0.274 e. The van der Waals surface area contributed by atoms with Crippen molar-refractivity contribution in [3.05, 3.63) is 66.9 Å². The predicted molar refractivity (Wildman–Crippen MR) is 84.3 cm³/mol. The molecule has 7 heteroatoms. The molecule has 21 heavy (non-hydrogen) atoms. The van der Waals surface area contributed by atoms with Gasteiger partial charge in [0.2, 0.25) is 0 Å². The second-order valence-corrected chi connectivity index (χ2v) is 5.76. The number of hydrogen-bond donors (Lipinski definition) is 1. The predicted octanol–water partition coefficient (Wildman–Crippen LogP) is 5.07. The average molecular weight is 374 g/mol. The summed E-state index contributed by atoms with van der Waals surface area (Å²) in [6.07, 6.45) is 0. The molecule has 0 atom stereocenters. The molecule has 2 aromatic rings. The molecule has 0 amide bonds. The van der Waals surface area contributed by atoms with Crippen LogP contribution in [0.1, 0.15) is 11.1 Å². The number of anilines is 1. The Morgan fingerprint density at radius 2 is 2.10 bits per heavy atom. The van der Waals surface area contributed by atoms with Gasteiger partial charge in [-0.1, -0.05) is 11.6 Å². The lowest BCUT2D eigenvalue weighted by molar-refractivity contribution is -0.385. The van der Waals surface area contributed by atoms with Gasteiger partial charge in [-0.05, 0) is 47.1 Å². The summed E-state index contributed by atoms with van der Waals surface area (Å²) in [4.78, 5) is 10.5. The first-order valence-corrected chi connectivity index (χ1v) is 7.18. The van der Waals surface area contributed by atoms with Crippen LogP contribution in [0.25, 0.3) is 0 Å². The molecule has 1 N–H and O–H groups in total. The summed E-state index contributed by atoms with van der Waals surface area (Å²) in [5.74, 6) is -0.385. The Balaban J connectivity index is 2.25. The van der Waals surface area contributed by atoms with Crippen LogP contribution in [-0.4, -0.2) is 4.92 Å². The molecule has 0 fully saturated rings. The monoisotopic (exact) mass is 372 g/mol. The topological polar surface area (TPSA) is 55.2 Å². The van der Waals surface area contributed by atoms with Crippen molar-refractivity contribution in [3.8, 4) is 0 Å². The van der Waals surface area contributed by atoms with Crippen LogP contribution < -0.4 is 5.32 Å². The van der Waals surface area contributed by atoms with Gasteiger partial charge in [-0.2, -0.15) is 0 Å². The van der Waals surface area contributed by atoms with E-state index in [2.05, 4.69) is 21.2 Å². The number of halogens is 3. The molecular formula is C14H11BrClFN2O2. The summed E-state index contributed by atoms with van der Waals surface area (Å²) in [6.45, 7) is 1.83. The van der Waals surface area contributed by atoms with Crippen molar-refractivity contribution < 1.29 is 9.31 Å². The Hall–Kier alpha value is -1.66. The molecule has 0 saturated heterocycles. The summed E-state index contributed by atoms with van der Waals surface area (Å²) >= 11 is 9.16. The van der Waals surface area contributed by atoms with Crippen molar-refractivity contribution in [3.63, 3.8) is 0 Å². The fraction of sp³-hybridized carbons (Fsp3) is 0.143. The number of nitro benzene ring substituents is 1. The molecule has 0 saturated carbocycles. The van der Waals surface area contributed by atoms with Crippen LogP contribution in [0.3, 0.4) is 0 Å². The summed E-state index contributed by atoms with van der Waals surface area (Å²) in [7, 11) is 0. The fourth-order valence-corrected chi connectivity index (χ4v) is 2.66. The molecular weight excluding hydrogens is 363 g/mol. The van der Waals surface area contributed by atoms with E-state index >= 15 is 0 Å². The van der Waals surface area contributed by atoms with Crippen LogP contribution in [0.15, 0.2) is 34.8 Å². The quantitative estimate of drug-likeness (QED) is 0.601. The van der Waals surface area contributed by atoms with Gasteiger partial charge in [0, 0.05) is 33.2 Å². The van der Waals surface area contributed by atoms with Crippen LogP contribution in [-0.2, 0) is 6.54 Å². The van der Waals surface area contributed by atoms with E-state index < -0.39 is 4.92 Å². The average Bonchev–Trinajstić information content (AvgIpc) is 2.41. The molecule has 0 aromatic heterocycles. The minimum atomic E-state index is -0.451. The van der Waals surface area contributed by atoms with Gasteiger partial charge in [-0.25, -0.2) is 4.39 Å². The van der Waals surface area contributed by atoms with Crippen LogP contribution in [0.4, 0.5) is 15.8 Å². The Labute approximate surface area is 134 Å². The Morgan fingerprint density at radius 3 is 2.76 bits per heavy atom. The highest BCUT2D eigenvalue weighted by molar-refractivity contribution is 9.10. The third-order valence-corrected chi connectivity index (χ3v) is 3.85. The standard InChI is InChI=1S/C14H11BrClFN2O2/c1-8-4-11(15)13(6-14(8)19(20)21)18-7-9-5-10(16)2-3-12(9)17/h2-6,18H,7H2,1H3. The second kappa shape index (κ2) is 6.41. The van der Waals surface area contributed by atoms with Crippen LogP contribution in [0.5, 0.6) is 0 Å². The maximum atomic E-state index is 13.6. The molecule has 0 spiro atoms. The van der Waals surface area contributed by atoms with Gasteiger partial charge in [-0.15, -0.1) is 0 Å². The van der Waals surface area contributed by atoms with Crippen molar-refractivity contribution >= 4 is 38.9 Å². The lowest BCUT2D eigenvalue weighted by Gasteiger charge is -2.10. The van der Waals surface area contributed by atoms with E-state index in [-0.39, 0.29) is 18.0 Å². The van der Waals surface area contributed by atoms with Crippen molar-refractivity contribution in [2.75, 3.05) is 5.32 Å². The number of benzene rings is 2. The van der Waals surface area contributed by atoms with Crippen LogP contribution >= 0.6 is 27.5 Å². The molecule has 0 unspecified atom stereocenters. The first-order chi connectivity index (χ1) is 9.88. The minimum absolute atomic E-state index is 0.00673. The SMILES string of the molecule is Cc1cc(Br)c(NCc2cc(Cl)ccc2F)cc1[N+](=O)[O-]. The molecule has 2 rings (SSSR count). The third kappa shape index (κ3) is 3.71. The van der Waals surface area contributed by atoms with Gasteiger partial charge < -0.3 is 5.32 Å². The molecule has 110 valence electrons. The zero-order chi connectivity index (χ0) is 15.6. The number of nitro groups is 1. The highest BCUT2D eigenvalue weighted by atomic mass is 79.9. The molecule has 0 heterocycles. The van der Waals surface area contributed by atoms with Gasteiger partial charge in [-0.3, -0.25) is 10.1 Å². The highest BCUT2D eigenvalue weighted by Gasteiger charge is 2.14. The molecule has 2 aromatic carbocycles. The molecule has 0 bridgehead atoms. The lowest BCUT2D eigenvalue weighted by atomic mass is 10.1. The lowest BCUT2D eigenvalue weighted by Crippen LogP contribution is -2.03. The highest BCUT2D eigenvalue weighted by Crippen LogP contribution is 2.31. The summed E-state index contributed by atoms with van der Waals surface area (Å²) < 4.78 is 14.3. The fourth-order valence-electron chi connectivity index (χ4n) is 1.86. The van der Waals surface area contributed by atoms with Gasteiger partial charge in [0.15, 0.2) is 0 Å². The number of hydrogen-bond acceptors (Lipinski definition) is 3. The largest absolute Gasteiger partial charge is 0.380 e. The first kappa shape index (κ1) is 15.7. The maximum absolute atomic E-state index is 13.6. The van der Waals surface area contributed by atoms with Gasteiger partial charge in [0.05, 0.1) is 10.6 Å². The van der Waals surface area contributed by atoms with Crippen molar-refractivity contribution in [1.29, 1.82) is 0 Å². The van der Waals surface area contributed by atoms with E-state index in [4.69, 9.17) is 11.6 Å². The molecule has 0 aliphatic rings. The summed E-state index contributed by atoms with van der Waals surface area (Å²) in [5.41, 5.74) is 1.46. The number of nitrogens with one attached hydrogen (secondary N) is 1. The van der Waals surface area contributed by atoms with Crippen LogP contribution in [0, 0.1) is 22.9 Å². The number of aryl methyl sites for hydroxylation is 1. The van der Waals surface area contributed by atoms with Crippen LogP contribution in [0.2, 0.25) is 5.02 Å². The summed E-state index contributed by atoms with van der Waals surface area (Å²) in [5, 5.41) is 14.3. The minimum Gasteiger partial charge on any atom is -0.380 e.